The zero-order valence-electron chi connectivity index (χ0n) is 9.73. The molecule has 2 atom stereocenters. The molecule has 1 saturated heterocycles. The molecule has 5 nitrogen and oxygen atoms in total. The van der Waals surface area contributed by atoms with E-state index in [2.05, 4.69) is 5.32 Å². The Morgan fingerprint density at radius 1 is 1.37 bits per heavy atom. The number of amides is 1. The van der Waals surface area contributed by atoms with Crippen molar-refractivity contribution in [2.75, 3.05) is 5.32 Å². The van der Waals surface area contributed by atoms with Gasteiger partial charge in [-0.3, -0.25) is 4.79 Å². The van der Waals surface area contributed by atoms with E-state index in [1.807, 2.05) is 0 Å². The summed E-state index contributed by atoms with van der Waals surface area (Å²) in [6.45, 7) is 0. The van der Waals surface area contributed by atoms with Crippen molar-refractivity contribution in [2.24, 2.45) is 0 Å². The second-order valence-electron chi connectivity index (χ2n) is 4.11. The standard InChI is InChI=1S/C12H11ClFNO4/c13-6-2-1-3-7(14)10(6)15-11(16)8-4-5-9(19-8)12(17)18/h1-3,8-9H,4-5H2,(H,15,16)(H,17,18). The Kier molecular flexibility index (Phi) is 4.01. The normalized spacial score (nSPS) is 22.2. The van der Waals surface area contributed by atoms with Crippen LogP contribution in [0.5, 0.6) is 0 Å². The number of benzene rings is 1. The highest BCUT2D eigenvalue weighted by Crippen LogP contribution is 2.26. The van der Waals surface area contributed by atoms with Crippen LogP contribution in [0.15, 0.2) is 18.2 Å². The zero-order chi connectivity index (χ0) is 14.0. The lowest BCUT2D eigenvalue weighted by atomic mass is 10.2. The van der Waals surface area contributed by atoms with Crippen LogP contribution in [0.4, 0.5) is 10.1 Å². The molecule has 0 saturated carbocycles. The van der Waals surface area contributed by atoms with Gasteiger partial charge < -0.3 is 15.2 Å². The number of nitrogens with one attached hydrogen (secondary N) is 1. The number of anilines is 1. The van der Waals surface area contributed by atoms with Gasteiger partial charge in [0.2, 0.25) is 0 Å². The van der Waals surface area contributed by atoms with E-state index in [1.54, 1.807) is 0 Å². The number of rotatable bonds is 3. The maximum absolute atomic E-state index is 13.5. The van der Waals surface area contributed by atoms with E-state index >= 15 is 0 Å². The Bertz CT molecular complexity index is 502. The lowest BCUT2D eigenvalue weighted by Crippen LogP contribution is -2.30. The predicted octanol–water partition coefficient (Wildman–Crippen LogP) is 2.05. The van der Waals surface area contributed by atoms with Crippen molar-refractivity contribution < 1.29 is 23.8 Å². The molecule has 2 N–H and O–H groups in total. The smallest absolute Gasteiger partial charge is 0.332 e. The third-order valence-corrected chi connectivity index (χ3v) is 3.11. The number of hydrogen-bond donors (Lipinski definition) is 2. The highest BCUT2D eigenvalue weighted by molar-refractivity contribution is 6.33. The summed E-state index contributed by atoms with van der Waals surface area (Å²) in [5.74, 6) is -2.37. The summed E-state index contributed by atoms with van der Waals surface area (Å²) in [5.41, 5.74) is -0.128. The topological polar surface area (TPSA) is 75.6 Å². The summed E-state index contributed by atoms with van der Waals surface area (Å²) < 4.78 is 18.5. The molecule has 1 fully saturated rings. The van der Waals surface area contributed by atoms with Gasteiger partial charge in [-0.15, -0.1) is 0 Å². The maximum Gasteiger partial charge on any atom is 0.332 e. The first-order valence-electron chi connectivity index (χ1n) is 5.62. The molecule has 1 aromatic rings. The first kappa shape index (κ1) is 13.8. The minimum Gasteiger partial charge on any atom is -0.479 e. The Morgan fingerprint density at radius 3 is 2.63 bits per heavy atom. The molecule has 1 aliphatic heterocycles. The van der Waals surface area contributed by atoms with Crippen LogP contribution in [-0.2, 0) is 14.3 Å². The molecule has 102 valence electrons. The number of halogens is 2. The van der Waals surface area contributed by atoms with Gasteiger partial charge in [0.25, 0.3) is 5.91 Å². The summed E-state index contributed by atoms with van der Waals surface area (Å²) >= 11 is 5.77. The van der Waals surface area contributed by atoms with Gasteiger partial charge in [0, 0.05) is 0 Å². The fourth-order valence-corrected chi connectivity index (χ4v) is 2.04. The van der Waals surface area contributed by atoms with Crippen LogP contribution in [0.25, 0.3) is 0 Å². The van der Waals surface area contributed by atoms with Crippen LogP contribution in [0.3, 0.4) is 0 Å². The van der Waals surface area contributed by atoms with Crippen LogP contribution < -0.4 is 5.32 Å². The van der Waals surface area contributed by atoms with Crippen molar-refractivity contribution in [3.63, 3.8) is 0 Å². The number of hydrogen-bond acceptors (Lipinski definition) is 3. The second-order valence-corrected chi connectivity index (χ2v) is 4.52. The van der Waals surface area contributed by atoms with Gasteiger partial charge in [-0.1, -0.05) is 17.7 Å². The Labute approximate surface area is 113 Å². The molecule has 2 rings (SSSR count). The lowest BCUT2D eigenvalue weighted by Gasteiger charge is -2.13. The van der Waals surface area contributed by atoms with E-state index in [1.165, 1.54) is 12.1 Å². The molecular weight excluding hydrogens is 277 g/mol. The van der Waals surface area contributed by atoms with Gasteiger partial charge in [0.05, 0.1) is 10.7 Å². The first-order chi connectivity index (χ1) is 8.99. The fourth-order valence-electron chi connectivity index (χ4n) is 1.83. The SMILES string of the molecule is O=C(O)C1CCC(C(=O)Nc2c(F)cccc2Cl)O1. The number of ether oxygens (including phenoxy) is 1. The molecule has 1 aliphatic rings. The van der Waals surface area contributed by atoms with E-state index in [0.717, 1.165) is 6.07 Å². The highest BCUT2D eigenvalue weighted by Gasteiger charge is 2.35. The van der Waals surface area contributed by atoms with Crippen molar-refractivity contribution in [1.82, 2.24) is 0 Å². The van der Waals surface area contributed by atoms with Crippen molar-refractivity contribution in [3.05, 3.63) is 29.0 Å². The predicted molar refractivity (Wildman–Crippen MR) is 65.6 cm³/mol. The van der Waals surface area contributed by atoms with Gasteiger partial charge in [0.15, 0.2) is 6.10 Å². The molecule has 2 unspecified atom stereocenters. The molecule has 0 aromatic heterocycles. The van der Waals surface area contributed by atoms with Gasteiger partial charge in [0.1, 0.15) is 11.9 Å². The largest absolute Gasteiger partial charge is 0.479 e. The van der Waals surface area contributed by atoms with E-state index in [0.29, 0.717) is 0 Å². The quantitative estimate of drug-likeness (QED) is 0.892. The number of carbonyl (C=O) groups excluding carboxylic acids is 1. The molecule has 7 heteroatoms. The number of carboxylic acid groups (broad SMARTS) is 1. The number of carbonyl (C=O) groups is 2. The first-order valence-corrected chi connectivity index (χ1v) is 6.00. The Hall–Kier alpha value is -1.66. The molecule has 0 bridgehead atoms. The number of carboxylic acids is 1. The van der Waals surface area contributed by atoms with Gasteiger partial charge >= 0.3 is 5.97 Å². The molecule has 1 amide bonds. The maximum atomic E-state index is 13.5. The van der Waals surface area contributed by atoms with Gasteiger partial charge in [-0.05, 0) is 25.0 Å². The van der Waals surface area contributed by atoms with Crippen molar-refractivity contribution in [3.8, 4) is 0 Å². The van der Waals surface area contributed by atoms with Crippen LogP contribution in [0, 0.1) is 5.82 Å². The molecule has 0 spiro atoms. The molecule has 0 radical (unpaired) electrons. The van der Waals surface area contributed by atoms with Crippen molar-refractivity contribution in [1.29, 1.82) is 0 Å². The summed E-state index contributed by atoms with van der Waals surface area (Å²) in [6, 6.07) is 4.02. The summed E-state index contributed by atoms with van der Waals surface area (Å²) in [5, 5.41) is 11.1. The summed E-state index contributed by atoms with van der Waals surface area (Å²) in [4.78, 5) is 22.5. The minimum absolute atomic E-state index is 0.0705. The molecular formula is C12H11ClFNO4. The van der Waals surface area contributed by atoms with Crippen molar-refractivity contribution >= 4 is 29.2 Å². The number of para-hydroxylation sites is 1. The van der Waals surface area contributed by atoms with Crippen LogP contribution in [-0.4, -0.2) is 29.2 Å². The monoisotopic (exact) mass is 287 g/mol. The Morgan fingerprint density at radius 2 is 2.05 bits per heavy atom. The van der Waals surface area contributed by atoms with E-state index in [9.17, 15) is 14.0 Å². The third kappa shape index (κ3) is 3.02. The van der Waals surface area contributed by atoms with Gasteiger partial charge in [-0.2, -0.15) is 0 Å². The molecule has 1 heterocycles. The minimum atomic E-state index is -1.11. The zero-order valence-corrected chi connectivity index (χ0v) is 10.5. The highest BCUT2D eigenvalue weighted by atomic mass is 35.5. The van der Waals surface area contributed by atoms with Crippen LogP contribution >= 0.6 is 11.6 Å². The molecule has 1 aromatic carbocycles. The van der Waals surface area contributed by atoms with Gasteiger partial charge in [-0.25, -0.2) is 9.18 Å². The average molecular weight is 288 g/mol. The van der Waals surface area contributed by atoms with E-state index in [4.69, 9.17) is 21.4 Å². The summed E-state index contributed by atoms with van der Waals surface area (Å²) in [6.07, 6.45) is -1.38. The fraction of sp³-hybridized carbons (Fsp3) is 0.333. The number of aliphatic carboxylic acids is 1. The summed E-state index contributed by atoms with van der Waals surface area (Å²) in [7, 11) is 0. The molecule has 0 aliphatic carbocycles. The van der Waals surface area contributed by atoms with E-state index in [-0.39, 0.29) is 23.6 Å². The lowest BCUT2D eigenvalue weighted by molar-refractivity contribution is -0.150. The van der Waals surface area contributed by atoms with E-state index < -0.39 is 29.9 Å². The van der Waals surface area contributed by atoms with Crippen LogP contribution in [0.2, 0.25) is 5.02 Å². The van der Waals surface area contributed by atoms with Crippen LogP contribution in [0.1, 0.15) is 12.8 Å². The second kappa shape index (κ2) is 5.54. The third-order valence-electron chi connectivity index (χ3n) is 2.80. The van der Waals surface area contributed by atoms with Crippen molar-refractivity contribution in [2.45, 2.75) is 25.0 Å². The average Bonchev–Trinajstić information content (AvgIpc) is 2.83. The Balaban J connectivity index is 2.04. The molecule has 19 heavy (non-hydrogen) atoms.